The van der Waals surface area contributed by atoms with Gasteiger partial charge in [0.1, 0.15) is 5.75 Å². The molecule has 0 saturated heterocycles. The highest BCUT2D eigenvalue weighted by Gasteiger charge is 2.09. The van der Waals surface area contributed by atoms with E-state index in [9.17, 15) is 8.42 Å². The molecule has 0 spiro atoms. The third-order valence-corrected chi connectivity index (χ3v) is 4.08. The van der Waals surface area contributed by atoms with Crippen molar-refractivity contribution in [2.45, 2.75) is 20.4 Å². The van der Waals surface area contributed by atoms with Crippen LogP contribution in [-0.2, 0) is 16.6 Å². The maximum atomic E-state index is 11.6. The van der Waals surface area contributed by atoms with Crippen molar-refractivity contribution in [3.63, 3.8) is 0 Å². The molecule has 0 unspecified atom stereocenters. The summed E-state index contributed by atoms with van der Waals surface area (Å²) in [6.07, 6.45) is 1.09. The molecular weight excluding hydrogens is 338 g/mol. The quantitative estimate of drug-likeness (QED) is 0.634. The van der Waals surface area contributed by atoms with Crippen molar-refractivity contribution < 1.29 is 13.2 Å². The van der Waals surface area contributed by atoms with Crippen LogP contribution in [-0.4, -0.2) is 27.7 Å². The van der Waals surface area contributed by atoms with E-state index in [1.54, 1.807) is 7.11 Å². The standard InChI is InChI=1S/C18H23N3O3S/c1-13-9-10-16(14(2)11-13)20-18(21-25(4,22)23)19-12-15-7-5-6-8-17(15)24-3/h5-11H,12H2,1-4H3,(H2,19,20,21). The lowest BCUT2D eigenvalue weighted by Gasteiger charge is -2.14. The summed E-state index contributed by atoms with van der Waals surface area (Å²) in [5, 5.41) is 3.06. The van der Waals surface area contributed by atoms with E-state index in [1.165, 1.54) is 0 Å². The molecule has 2 aromatic carbocycles. The summed E-state index contributed by atoms with van der Waals surface area (Å²) in [7, 11) is -1.87. The predicted molar refractivity (Wildman–Crippen MR) is 102 cm³/mol. The van der Waals surface area contributed by atoms with Crippen molar-refractivity contribution in [2.75, 3.05) is 18.7 Å². The lowest BCUT2D eigenvalue weighted by Crippen LogP contribution is -2.35. The highest BCUT2D eigenvalue weighted by molar-refractivity contribution is 7.89. The molecule has 0 radical (unpaired) electrons. The molecule has 0 saturated carbocycles. The lowest BCUT2D eigenvalue weighted by molar-refractivity contribution is 0.410. The molecule has 0 fully saturated rings. The summed E-state index contributed by atoms with van der Waals surface area (Å²) in [6.45, 7) is 4.23. The van der Waals surface area contributed by atoms with Crippen molar-refractivity contribution in [1.29, 1.82) is 0 Å². The number of aryl methyl sites for hydroxylation is 2. The van der Waals surface area contributed by atoms with E-state index in [1.807, 2.05) is 56.3 Å². The van der Waals surface area contributed by atoms with Gasteiger partial charge in [-0.3, -0.25) is 4.72 Å². The van der Waals surface area contributed by atoms with Crippen LogP contribution in [0, 0.1) is 13.8 Å². The van der Waals surface area contributed by atoms with Crippen LogP contribution < -0.4 is 14.8 Å². The summed E-state index contributed by atoms with van der Waals surface area (Å²) < 4.78 is 31.0. The Morgan fingerprint density at radius 3 is 2.52 bits per heavy atom. The maximum absolute atomic E-state index is 11.6. The van der Waals surface area contributed by atoms with Gasteiger partial charge in [0.05, 0.1) is 19.9 Å². The monoisotopic (exact) mass is 361 g/mol. The first kappa shape index (κ1) is 18.8. The molecule has 0 bridgehead atoms. The Hall–Kier alpha value is -2.54. The molecule has 7 heteroatoms. The fourth-order valence-electron chi connectivity index (χ4n) is 2.35. The van der Waals surface area contributed by atoms with E-state index in [2.05, 4.69) is 15.0 Å². The van der Waals surface area contributed by atoms with Crippen LogP contribution in [0.4, 0.5) is 5.69 Å². The largest absolute Gasteiger partial charge is 0.496 e. The van der Waals surface area contributed by atoms with E-state index in [4.69, 9.17) is 4.74 Å². The molecule has 0 atom stereocenters. The van der Waals surface area contributed by atoms with Gasteiger partial charge in [-0.05, 0) is 31.5 Å². The average molecular weight is 361 g/mol. The van der Waals surface area contributed by atoms with Gasteiger partial charge in [0, 0.05) is 11.3 Å². The maximum Gasteiger partial charge on any atom is 0.232 e. The first-order valence-corrected chi connectivity index (χ1v) is 9.66. The van der Waals surface area contributed by atoms with Crippen LogP contribution in [0.25, 0.3) is 0 Å². The van der Waals surface area contributed by atoms with Crippen LogP contribution in [0.1, 0.15) is 16.7 Å². The number of benzene rings is 2. The number of hydrogen-bond acceptors (Lipinski definition) is 4. The number of nitrogens with zero attached hydrogens (tertiary/aromatic N) is 1. The van der Waals surface area contributed by atoms with Gasteiger partial charge in [-0.25, -0.2) is 13.4 Å². The Morgan fingerprint density at radius 2 is 1.88 bits per heavy atom. The Balaban J connectivity index is 2.28. The van der Waals surface area contributed by atoms with Gasteiger partial charge in [-0.1, -0.05) is 35.9 Å². The number of hydrogen-bond donors (Lipinski definition) is 2. The smallest absolute Gasteiger partial charge is 0.232 e. The van der Waals surface area contributed by atoms with Gasteiger partial charge in [-0.15, -0.1) is 0 Å². The lowest BCUT2D eigenvalue weighted by atomic mass is 10.1. The Morgan fingerprint density at radius 1 is 1.16 bits per heavy atom. The summed E-state index contributed by atoms with van der Waals surface area (Å²) in [6, 6.07) is 13.3. The molecule has 0 heterocycles. The van der Waals surface area contributed by atoms with Crippen LogP contribution in [0.5, 0.6) is 5.75 Å². The van der Waals surface area contributed by atoms with Crippen LogP contribution >= 0.6 is 0 Å². The first-order chi connectivity index (χ1) is 11.8. The molecule has 2 N–H and O–H groups in total. The van der Waals surface area contributed by atoms with Crippen molar-refractivity contribution in [1.82, 2.24) is 4.72 Å². The van der Waals surface area contributed by atoms with Gasteiger partial charge in [0.2, 0.25) is 16.0 Å². The highest BCUT2D eigenvalue weighted by Crippen LogP contribution is 2.19. The number of para-hydroxylation sites is 1. The van der Waals surface area contributed by atoms with Crippen molar-refractivity contribution in [2.24, 2.45) is 4.99 Å². The fraction of sp³-hybridized carbons (Fsp3) is 0.278. The van der Waals surface area contributed by atoms with E-state index in [0.717, 1.165) is 28.6 Å². The number of aliphatic imine (C=N–C) groups is 1. The zero-order valence-corrected chi connectivity index (χ0v) is 15.6. The minimum atomic E-state index is -3.46. The summed E-state index contributed by atoms with van der Waals surface area (Å²) in [5.74, 6) is 0.872. The number of anilines is 1. The molecule has 0 aliphatic heterocycles. The van der Waals surface area contributed by atoms with Crippen LogP contribution in [0.15, 0.2) is 47.5 Å². The molecule has 0 aliphatic carbocycles. The molecule has 0 amide bonds. The molecule has 134 valence electrons. The Labute approximate surface area is 149 Å². The number of methoxy groups -OCH3 is 1. The van der Waals surface area contributed by atoms with Crippen molar-refractivity contribution in [3.05, 3.63) is 59.2 Å². The number of rotatable bonds is 5. The molecule has 0 aromatic heterocycles. The second-order valence-electron chi connectivity index (χ2n) is 5.79. The first-order valence-electron chi connectivity index (χ1n) is 7.77. The van der Waals surface area contributed by atoms with Gasteiger partial charge >= 0.3 is 0 Å². The van der Waals surface area contributed by atoms with Crippen molar-refractivity contribution in [3.8, 4) is 5.75 Å². The van der Waals surface area contributed by atoms with Crippen molar-refractivity contribution >= 4 is 21.7 Å². The molecule has 6 nitrogen and oxygen atoms in total. The number of nitrogens with one attached hydrogen (secondary N) is 2. The van der Waals surface area contributed by atoms with Gasteiger partial charge in [-0.2, -0.15) is 0 Å². The third kappa shape index (κ3) is 5.79. The number of guanidine groups is 1. The predicted octanol–water partition coefficient (Wildman–Crippen LogP) is 2.83. The van der Waals surface area contributed by atoms with Crippen LogP contribution in [0.3, 0.4) is 0 Å². The Bertz CT molecular complexity index is 877. The summed E-state index contributed by atoms with van der Waals surface area (Å²) in [5.41, 5.74) is 3.78. The zero-order valence-electron chi connectivity index (χ0n) is 14.8. The molecule has 2 rings (SSSR count). The van der Waals surface area contributed by atoms with Crippen LogP contribution in [0.2, 0.25) is 0 Å². The number of ether oxygens (including phenoxy) is 1. The topological polar surface area (TPSA) is 79.8 Å². The second-order valence-corrected chi connectivity index (χ2v) is 7.54. The average Bonchev–Trinajstić information content (AvgIpc) is 2.54. The molecule has 25 heavy (non-hydrogen) atoms. The minimum absolute atomic E-state index is 0.167. The third-order valence-electron chi connectivity index (χ3n) is 3.52. The molecular formula is C18H23N3O3S. The van der Waals surface area contributed by atoms with E-state index in [0.29, 0.717) is 5.75 Å². The number of sulfonamides is 1. The SMILES string of the molecule is COc1ccccc1CN=C(Nc1ccc(C)cc1C)NS(C)(=O)=O. The molecule has 2 aromatic rings. The van der Waals surface area contributed by atoms with Gasteiger partial charge in [0.15, 0.2) is 0 Å². The zero-order chi connectivity index (χ0) is 18.4. The fourth-order valence-corrected chi connectivity index (χ4v) is 2.82. The van der Waals surface area contributed by atoms with Gasteiger partial charge < -0.3 is 10.1 Å². The normalized spacial score (nSPS) is 11.9. The molecule has 0 aliphatic rings. The Kier molecular flexibility index (Phi) is 6.03. The highest BCUT2D eigenvalue weighted by atomic mass is 32.2. The second kappa shape index (κ2) is 8.02. The van der Waals surface area contributed by atoms with E-state index >= 15 is 0 Å². The van der Waals surface area contributed by atoms with Gasteiger partial charge in [0.25, 0.3) is 0 Å². The summed E-state index contributed by atoms with van der Waals surface area (Å²) in [4.78, 5) is 4.38. The van der Waals surface area contributed by atoms with E-state index < -0.39 is 10.0 Å². The van der Waals surface area contributed by atoms with E-state index in [-0.39, 0.29) is 12.5 Å². The summed E-state index contributed by atoms with van der Waals surface area (Å²) >= 11 is 0. The minimum Gasteiger partial charge on any atom is -0.496 e.